The lowest BCUT2D eigenvalue weighted by Crippen LogP contribution is -2.45. The van der Waals surface area contributed by atoms with Crippen molar-refractivity contribution in [2.45, 2.75) is 45.1 Å². The van der Waals surface area contributed by atoms with Crippen molar-refractivity contribution in [3.8, 4) is 10.8 Å². The highest BCUT2D eigenvalue weighted by Crippen LogP contribution is 2.28. The van der Waals surface area contributed by atoms with Gasteiger partial charge in [0, 0.05) is 24.5 Å². The van der Waals surface area contributed by atoms with Gasteiger partial charge in [-0.25, -0.2) is 4.98 Å². The number of halogens is 2. The molecule has 150 valence electrons. The molecule has 3 heterocycles. The van der Waals surface area contributed by atoms with E-state index in [0.717, 1.165) is 60.6 Å². The third kappa shape index (κ3) is 5.95. The Bertz CT molecular complexity index is 737. The molecule has 2 fully saturated rings. The second-order valence-corrected chi connectivity index (χ2v) is 8.10. The van der Waals surface area contributed by atoms with Crippen molar-refractivity contribution in [2.24, 2.45) is 5.92 Å². The third-order valence-electron chi connectivity index (χ3n) is 5.08. The van der Waals surface area contributed by atoms with E-state index in [-0.39, 0.29) is 30.7 Å². The van der Waals surface area contributed by atoms with Crippen LogP contribution >= 0.6 is 36.2 Å². The molecule has 0 radical (unpaired) electrons. The lowest BCUT2D eigenvalue weighted by Gasteiger charge is -2.32. The number of nitrogens with one attached hydrogen (secondary N) is 1. The van der Waals surface area contributed by atoms with Crippen molar-refractivity contribution in [1.29, 1.82) is 0 Å². The molecule has 27 heavy (non-hydrogen) atoms. The molecule has 1 amide bonds. The van der Waals surface area contributed by atoms with Gasteiger partial charge < -0.3 is 14.6 Å². The molecule has 0 unspecified atom stereocenters. The van der Waals surface area contributed by atoms with E-state index in [4.69, 9.17) is 4.42 Å². The number of thiazole rings is 1. The predicted molar refractivity (Wildman–Crippen MR) is 113 cm³/mol. The highest BCUT2D eigenvalue weighted by atomic mass is 35.5. The van der Waals surface area contributed by atoms with Gasteiger partial charge in [-0.1, -0.05) is 0 Å². The quantitative estimate of drug-likeness (QED) is 0.747. The number of amides is 1. The van der Waals surface area contributed by atoms with E-state index < -0.39 is 0 Å². The van der Waals surface area contributed by atoms with E-state index in [1.807, 2.05) is 29.3 Å². The van der Waals surface area contributed by atoms with Gasteiger partial charge >= 0.3 is 0 Å². The first-order valence-electron chi connectivity index (χ1n) is 9.20. The highest BCUT2D eigenvalue weighted by Gasteiger charge is 2.26. The van der Waals surface area contributed by atoms with Gasteiger partial charge in [0.1, 0.15) is 5.76 Å². The largest absolute Gasteiger partial charge is 0.459 e. The zero-order valence-electron chi connectivity index (χ0n) is 15.5. The minimum Gasteiger partial charge on any atom is -0.459 e. The van der Waals surface area contributed by atoms with Gasteiger partial charge in [0.15, 0.2) is 10.8 Å². The molecule has 1 saturated carbocycles. The van der Waals surface area contributed by atoms with Crippen LogP contribution in [-0.4, -0.2) is 41.5 Å². The summed E-state index contributed by atoms with van der Waals surface area (Å²) in [5, 5.41) is 6.47. The Kier molecular flexibility index (Phi) is 8.16. The number of aryl methyl sites for hydroxylation is 1. The Labute approximate surface area is 176 Å². The highest BCUT2D eigenvalue weighted by molar-refractivity contribution is 7.13. The van der Waals surface area contributed by atoms with Gasteiger partial charge in [0.25, 0.3) is 0 Å². The van der Waals surface area contributed by atoms with Gasteiger partial charge in [-0.15, -0.1) is 36.2 Å². The fourth-order valence-electron chi connectivity index (χ4n) is 3.31. The number of aromatic nitrogens is 1. The molecule has 8 heteroatoms. The minimum atomic E-state index is 0. The van der Waals surface area contributed by atoms with Gasteiger partial charge in [0.05, 0.1) is 12.1 Å². The number of carbonyl (C=O) groups is 1. The van der Waals surface area contributed by atoms with Crippen LogP contribution in [0.15, 0.2) is 21.9 Å². The molecule has 2 aromatic heterocycles. The summed E-state index contributed by atoms with van der Waals surface area (Å²) in [6.07, 6.45) is 5.28. The van der Waals surface area contributed by atoms with Crippen LogP contribution in [0.5, 0.6) is 0 Å². The normalized spacial score (nSPS) is 17.3. The maximum absolute atomic E-state index is 12.5. The maximum Gasteiger partial charge on any atom is 0.228 e. The Morgan fingerprint density at radius 3 is 2.63 bits per heavy atom. The number of piperidine rings is 1. The van der Waals surface area contributed by atoms with Crippen molar-refractivity contribution in [1.82, 2.24) is 15.2 Å². The first-order valence-corrected chi connectivity index (χ1v) is 10.1. The van der Waals surface area contributed by atoms with E-state index in [1.165, 1.54) is 24.2 Å². The van der Waals surface area contributed by atoms with Crippen molar-refractivity contribution in [3.05, 3.63) is 29.0 Å². The molecular weight excluding hydrogens is 405 g/mol. The Balaban J connectivity index is 0.00000131. The van der Waals surface area contributed by atoms with E-state index in [1.54, 1.807) is 0 Å². The standard InChI is InChI=1S/C19H25N3O2S.2ClH/c1-13-2-5-17(24-13)19-21-16(12-25-19)10-18(23)22-8-6-15(7-9-22)20-11-14-3-4-14;;/h2,5,12,14-15,20H,3-4,6-11H2,1H3;2*1H. The third-order valence-corrected chi connectivity index (χ3v) is 5.98. The van der Waals surface area contributed by atoms with Gasteiger partial charge in [0.2, 0.25) is 5.91 Å². The molecule has 4 rings (SSSR count). The number of hydrogen-bond donors (Lipinski definition) is 1. The number of rotatable bonds is 6. The SMILES string of the molecule is Cc1ccc(-c2nc(CC(=O)N3CCC(NCC4CC4)CC3)cs2)o1.Cl.Cl. The zero-order chi connectivity index (χ0) is 17.2. The van der Waals surface area contributed by atoms with Crippen LogP contribution in [-0.2, 0) is 11.2 Å². The summed E-state index contributed by atoms with van der Waals surface area (Å²) in [5.41, 5.74) is 0.841. The second-order valence-electron chi connectivity index (χ2n) is 7.24. The molecule has 2 aliphatic rings. The fourth-order valence-corrected chi connectivity index (χ4v) is 4.09. The first-order chi connectivity index (χ1) is 12.2. The zero-order valence-corrected chi connectivity index (χ0v) is 17.9. The number of hydrogen-bond acceptors (Lipinski definition) is 5. The van der Waals surface area contributed by atoms with Crippen LogP contribution in [0.4, 0.5) is 0 Å². The average Bonchev–Trinajstić information content (AvgIpc) is 3.17. The average molecular weight is 432 g/mol. The molecular formula is C19H27Cl2N3O2S. The van der Waals surface area contributed by atoms with Crippen molar-refractivity contribution in [3.63, 3.8) is 0 Å². The van der Waals surface area contributed by atoms with E-state index in [2.05, 4.69) is 10.3 Å². The van der Waals surface area contributed by atoms with E-state index in [9.17, 15) is 4.79 Å². The molecule has 2 aromatic rings. The smallest absolute Gasteiger partial charge is 0.228 e. The predicted octanol–water partition coefficient (Wildman–Crippen LogP) is 4.09. The molecule has 0 spiro atoms. The first kappa shape index (κ1) is 22.2. The number of furan rings is 1. The lowest BCUT2D eigenvalue weighted by atomic mass is 10.0. The molecule has 0 aromatic carbocycles. The lowest BCUT2D eigenvalue weighted by molar-refractivity contribution is -0.131. The number of nitrogens with zero attached hydrogens (tertiary/aromatic N) is 2. The molecule has 1 aliphatic heterocycles. The summed E-state index contributed by atoms with van der Waals surface area (Å²) in [6.45, 7) is 4.79. The number of carbonyl (C=O) groups excluding carboxylic acids is 1. The van der Waals surface area contributed by atoms with Crippen LogP contribution in [0.3, 0.4) is 0 Å². The second kappa shape index (κ2) is 9.92. The monoisotopic (exact) mass is 431 g/mol. The van der Waals surface area contributed by atoms with E-state index >= 15 is 0 Å². The van der Waals surface area contributed by atoms with Crippen molar-refractivity contribution < 1.29 is 9.21 Å². The van der Waals surface area contributed by atoms with E-state index in [0.29, 0.717) is 12.5 Å². The Hall–Kier alpha value is -1.08. The molecule has 1 saturated heterocycles. The molecule has 0 bridgehead atoms. The summed E-state index contributed by atoms with van der Waals surface area (Å²) < 4.78 is 5.61. The van der Waals surface area contributed by atoms with Crippen molar-refractivity contribution in [2.75, 3.05) is 19.6 Å². The molecule has 1 aliphatic carbocycles. The van der Waals surface area contributed by atoms with Gasteiger partial charge in [-0.05, 0) is 57.2 Å². The van der Waals surface area contributed by atoms with Gasteiger partial charge in [-0.3, -0.25) is 4.79 Å². The minimum absolute atomic E-state index is 0. The summed E-state index contributed by atoms with van der Waals surface area (Å²) in [5.74, 6) is 2.76. The maximum atomic E-state index is 12.5. The van der Waals surface area contributed by atoms with Crippen molar-refractivity contribution >= 4 is 42.1 Å². The van der Waals surface area contributed by atoms with Crippen LogP contribution in [0.1, 0.15) is 37.1 Å². The Morgan fingerprint density at radius 2 is 2.00 bits per heavy atom. The summed E-state index contributed by atoms with van der Waals surface area (Å²) in [4.78, 5) is 19.1. The molecule has 5 nitrogen and oxygen atoms in total. The topological polar surface area (TPSA) is 58.4 Å². The Morgan fingerprint density at radius 1 is 1.26 bits per heavy atom. The summed E-state index contributed by atoms with van der Waals surface area (Å²) in [6, 6.07) is 4.44. The number of likely N-dealkylation sites (tertiary alicyclic amines) is 1. The van der Waals surface area contributed by atoms with Crippen LogP contribution in [0.25, 0.3) is 10.8 Å². The van der Waals surface area contributed by atoms with Crippen LogP contribution in [0, 0.1) is 12.8 Å². The summed E-state index contributed by atoms with van der Waals surface area (Å²) >= 11 is 1.53. The molecule has 1 N–H and O–H groups in total. The molecule has 0 atom stereocenters. The van der Waals surface area contributed by atoms with Gasteiger partial charge in [-0.2, -0.15) is 0 Å². The van der Waals surface area contributed by atoms with Crippen LogP contribution < -0.4 is 5.32 Å². The summed E-state index contributed by atoms with van der Waals surface area (Å²) in [7, 11) is 0. The fraction of sp³-hybridized carbons (Fsp3) is 0.579. The van der Waals surface area contributed by atoms with Crippen LogP contribution in [0.2, 0.25) is 0 Å².